The molecular weight excluding hydrogens is 202 g/mol. The van der Waals surface area contributed by atoms with E-state index in [0.29, 0.717) is 6.54 Å². The highest BCUT2D eigenvalue weighted by Gasteiger charge is 1.92. The van der Waals surface area contributed by atoms with Crippen LogP contribution < -0.4 is 16.2 Å². The van der Waals surface area contributed by atoms with Crippen LogP contribution in [0.4, 0.5) is 0 Å². The second kappa shape index (κ2) is 6.10. The van der Waals surface area contributed by atoms with Gasteiger partial charge in [0.1, 0.15) is 5.75 Å². The molecule has 0 heterocycles. The lowest BCUT2D eigenvalue weighted by molar-refractivity contribution is 0.414. The van der Waals surface area contributed by atoms with Gasteiger partial charge in [-0.2, -0.15) is 0 Å². The Hall–Kier alpha value is -1.42. The Bertz CT molecular complexity index is 293. The third-order valence-electron chi connectivity index (χ3n) is 1.60. The summed E-state index contributed by atoms with van der Waals surface area (Å²) in [5, 5.41) is 0. The van der Waals surface area contributed by atoms with Gasteiger partial charge in [0, 0.05) is 0 Å². The second-order valence-corrected chi connectivity index (χ2v) is 2.59. The zero-order valence-corrected chi connectivity index (χ0v) is 8.75. The summed E-state index contributed by atoms with van der Waals surface area (Å²) in [4.78, 5) is 3.88. The zero-order valence-electron chi connectivity index (χ0n) is 7.93. The van der Waals surface area contributed by atoms with Crippen LogP contribution in [0.3, 0.4) is 0 Å². The number of hydrogen-bond acceptors (Lipinski definition) is 2. The number of methoxy groups -OCH3 is 1. The van der Waals surface area contributed by atoms with Crippen LogP contribution in [-0.4, -0.2) is 13.1 Å². The quantitative estimate of drug-likeness (QED) is 0.581. The van der Waals surface area contributed by atoms with E-state index in [9.17, 15) is 0 Å². The van der Waals surface area contributed by atoms with E-state index in [1.807, 2.05) is 24.3 Å². The van der Waals surface area contributed by atoms with Gasteiger partial charge in [0.25, 0.3) is 0 Å². The van der Waals surface area contributed by atoms with Gasteiger partial charge in [-0.3, -0.25) is 0 Å². The average Bonchev–Trinajstić information content (AvgIpc) is 2.15. The van der Waals surface area contributed by atoms with Gasteiger partial charge in [0.15, 0.2) is 5.96 Å². The second-order valence-electron chi connectivity index (χ2n) is 2.59. The minimum atomic E-state index is 0. The number of aliphatic imine (C=N–C) groups is 1. The van der Waals surface area contributed by atoms with Gasteiger partial charge in [-0.05, 0) is 17.7 Å². The molecule has 4 N–H and O–H groups in total. The molecule has 0 spiro atoms. The molecule has 14 heavy (non-hydrogen) atoms. The molecule has 4 nitrogen and oxygen atoms in total. The first kappa shape index (κ1) is 12.6. The summed E-state index contributed by atoms with van der Waals surface area (Å²) in [6, 6.07) is 7.59. The van der Waals surface area contributed by atoms with Crippen molar-refractivity contribution >= 4 is 18.4 Å². The maximum Gasteiger partial charge on any atom is 0.186 e. The lowest BCUT2D eigenvalue weighted by Gasteiger charge is -2.00. The standard InChI is InChI=1S/C9H13N3O.ClH/c1-13-8-4-2-7(3-5-8)6-12-9(10)11;/h2-5H,6H2,1H3,(H4,10,11,12);1H. The molecule has 1 rings (SSSR count). The molecule has 0 fully saturated rings. The van der Waals surface area contributed by atoms with Gasteiger partial charge in [-0.1, -0.05) is 12.1 Å². The van der Waals surface area contributed by atoms with Crippen LogP contribution in [0.25, 0.3) is 0 Å². The van der Waals surface area contributed by atoms with Crippen molar-refractivity contribution in [2.45, 2.75) is 6.54 Å². The molecule has 78 valence electrons. The molecule has 0 aliphatic rings. The Morgan fingerprint density at radius 3 is 2.29 bits per heavy atom. The number of nitrogens with two attached hydrogens (primary N) is 2. The fourth-order valence-electron chi connectivity index (χ4n) is 0.914. The Balaban J connectivity index is 0.00000169. The summed E-state index contributed by atoms with van der Waals surface area (Å²) in [5.74, 6) is 0.935. The summed E-state index contributed by atoms with van der Waals surface area (Å²) in [5.41, 5.74) is 11.4. The van der Waals surface area contributed by atoms with Crippen LogP contribution in [0.5, 0.6) is 5.75 Å². The van der Waals surface area contributed by atoms with Crippen LogP contribution in [0.15, 0.2) is 29.3 Å². The fourth-order valence-corrected chi connectivity index (χ4v) is 0.914. The lowest BCUT2D eigenvalue weighted by Crippen LogP contribution is -2.22. The number of nitrogens with zero attached hydrogens (tertiary/aromatic N) is 1. The molecule has 0 amide bonds. The van der Waals surface area contributed by atoms with Gasteiger partial charge >= 0.3 is 0 Å². The fraction of sp³-hybridized carbons (Fsp3) is 0.222. The highest BCUT2D eigenvalue weighted by atomic mass is 35.5. The summed E-state index contributed by atoms with van der Waals surface area (Å²) in [6.45, 7) is 0.506. The number of halogens is 1. The van der Waals surface area contributed by atoms with Crippen LogP contribution in [0.1, 0.15) is 5.56 Å². The third-order valence-corrected chi connectivity index (χ3v) is 1.60. The topological polar surface area (TPSA) is 73.6 Å². The van der Waals surface area contributed by atoms with Crippen LogP contribution in [0.2, 0.25) is 0 Å². The maximum atomic E-state index is 5.20. The van der Waals surface area contributed by atoms with Crippen molar-refractivity contribution < 1.29 is 4.74 Å². The van der Waals surface area contributed by atoms with Crippen LogP contribution in [0, 0.1) is 0 Å². The van der Waals surface area contributed by atoms with Crippen molar-refractivity contribution in [1.29, 1.82) is 0 Å². The van der Waals surface area contributed by atoms with E-state index in [-0.39, 0.29) is 18.4 Å². The van der Waals surface area contributed by atoms with Crippen LogP contribution in [-0.2, 0) is 6.54 Å². The molecule has 0 saturated heterocycles. The third kappa shape index (κ3) is 4.00. The van der Waals surface area contributed by atoms with E-state index in [1.54, 1.807) is 7.11 Å². The largest absolute Gasteiger partial charge is 0.497 e. The van der Waals surface area contributed by atoms with Crippen molar-refractivity contribution in [2.24, 2.45) is 16.5 Å². The monoisotopic (exact) mass is 215 g/mol. The average molecular weight is 216 g/mol. The molecule has 0 saturated carbocycles. The molecule has 1 aromatic carbocycles. The number of benzene rings is 1. The predicted octanol–water partition coefficient (Wildman–Crippen LogP) is 0.890. The normalized spacial score (nSPS) is 8.64. The van der Waals surface area contributed by atoms with Gasteiger partial charge in [0.2, 0.25) is 0 Å². The van der Waals surface area contributed by atoms with E-state index in [1.165, 1.54) is 0 Å². The Morgan fingerprint density at radius 2 is 1.86 bits per heavy atom. The van der Waals surface area contributed by atoms with Crippen molar-refractivity contribution in [3.8, 4) is 5.75 Å². The van der Waals surface area contributed by atoms with E-state index in [4.69, 9.17) is 16.2 Å². The molecule has 0 aliphatic carbocycles. The molecule has 1 aromatic rings. The van der Waals surface area contributed by atoms with E-state index >= 15 is 0 Å². The first-order valence-electron chi connectivity index (χ1n) is 3.90. The van der Waals surface area contributed by atoms with Crippen molar-refractivity contribution in [2.75, 3.05) is 7.11 Å². The van der Waals surface area contributed by atoms with E-state index in [2.05, 4.69) is 4.99 Å². The Labute approximate surface area is 89.4 Å². The van der Waals surface area contributed by atoms with Crippen molar-refractivity contribution in [1.82, 2.24) is 0 Å². The molecular formula is C9H14ClN3O. The van der Waals surface area contributed by atoms with Crippen LogP contribution >= 0.6 is 12.4 Å². The summed E-state index contributed by atoms with van der Waals surface area (Å²) in [6.07, 6.45) is 0. The Kier molecular flexibility index (Phi) is 5.48. The molecule has 0 aromatic heterocycles. The Morgan fingerprint density at radius 1 is 1.29 bits per heavy atom. The molecule has 0 atom stereocenters. The molecule has 0 bridgehead atoms. The number of guanidine groups is 1. The highest BCUT2D eigenvalue weighted by molar-refractivity contribution is 5.85. The van der Waals surface area contributed by atoms with Gasteiger partial charge in [-0.25, -0.2) is 4.99 Å². The SMILES string of the molecule is COc1ccc(CN=C(N)N)cc1.Cl. The van der Waals surface area contributed by atoms with E-state index < -0.39 is 0 Å². The zero-order chi connectivity index (χ0) is 9.68. The lowest BCUT2D eigenvalue weighted by atomic mass is 10.2. The maximum absolute atomic E-state index is 5.20. The van der Waals surface area contributed by atoms with Gasteiger partial charge < -0.3 is 16.2 Å². The van der Waals surface area contributed by atoms with E-state index in [0.717, 1.165) is 11.3 Å². The highest BCUT2D eigenvalue weighted by Crippen LogP contribution is 2.11. The number of ether oxygens (including phenoxy) is 1. The number of rotatable bonds is 3. The summed E-state index contributed by atoms with van der Waals surface area (Å²) < 4.78 is 5.01. The first-order valence-corrected chi connectivity index (χ1v) is 3.90. The van der Waals surface area contributed by atoms with Gasteiger partial charge in [0.05, 0.1) is 13.7 Å². The first-order chi connectivity index (χ1) is 6.22. The predicted molar refractivity (Wildman–Crippen MR) is 59.8 cm³/mol. The van der Waals surface area contributed by atoms with Crippen molar-refractivity contribution in [3.63, 3.8) is 0 Å². The van der Waals surface area contributed by atoms with Gasteiger partial charge in [-0.15, -0.1) is 12.4 Å². The number of hydrogen-bond donors (Lipinski definition) is 2. The molecule has 0 aliphatic heterocycles. The smallest absolute Gasteiger partial charge is 0.186 e. The summed E-state index contributed by atoms with van der Waals surface area (Å²) in [7, 11) is 1.63. The van der Waals surface area contributed by atoms with Crippen molar-refractivity contribution in [3.05, 3.63) is 29.8 Å². The summed E-state index contributed by atoms with van der Waals surface area (Å²) >= 11 is 0. The minimum absolute atomic E-state index is 0. The molecule has 0 radical (unpaired) electrons. The molecule has 0 unspecified atom stereocenters. The molecule has 5 heteroatoms. The minimum Gasteiger partial charge on any atom is -0.497 e.